The van der Waals surface area contributed by atoms with Crippen molar-refractivity contribution in [2.45, 2.75) is 88.0 Å². The molecule has 4 rings (SSSR count). The number of methoxy groups -OCH3 is 2. The minimum absolute atomic E-state index is 0.106. The zero-order valence-electron chi connectivity index (χ0n) is 24.4. The van der Waals surface area contributed by atoms with E-state index in [1.165, 1.54) is 31.4 Å². The van der Waals surface area contributed by atoms with Crippen molar-refractivity contribution in [1.82, 2.24) is 0 Å². The van der Waals surface area contributed by atoms with Gasteiger partial charge in [-0.05, 0) is 92.3 Å². The van der Waals surface area contributed by atoms with Gasteiger partial charge in [-0.2, -0.15) is 0 Å². The van der Waals surface area contributed by atoms with Gasteiger partial charge in [0.2, 0.25) is 5.75 Å². The van der Waals surface area contributed by atoms with Crippen LogP contribution in [0.4, 0.5) is 0 Å². The number of hydrogen-bond acceptors (Lipinski definition) is 11. The maximum Gasteiger partial charge on any atom is 0.200 e. The van der Waals surface area contributed by atoms with E-state index in [1.807, 2.05) is 6.07 Å². The summed E-state index contributed by atoms with van der Waals surface area (Å²) < 4.78 is 22.5. The van der Waals surface area contributed by atoms with Gasteiger partial charge in [0, 0.05) is 17.4 Å². The highest BCUT2D eigenvalue weighted by Crippen LogP contribution is 2.40. The van der Waals surface area contributed by atoms with Crippen LogP contribution in [0.2, 0.25) is 0 Å². The molecule has 2 aromatic rings. The highest BCUT2D eigenvalue weighted by Gasteiger charge is 2.31. The second-order valence-corrected chi connectivity index (χ2v) is 13.6. The van der Waals surface area contributed by atoms with Crippen LogP contribution in [0, 0.1) is 5.92 Å². The molecule has 0 radical (unpaired) electrons. The average Bonchev–Trinajstić information content (AvgIpc) is 2.99. The predicted octanol–water partition coefficient (Wildman–Crippen LogP) is 4.96. The predicted molar refractivity (Wildman–Crippen MR) is 165 cm³/mol. The van der Waals surface area contributed by atoms with Gasteiger partial charge in [-0.1, -0.05) is 28.0 Å². The number of benzene rings is 2. The monoisotopic (exact) mass is 624 g/mol. The number of ether oxygens (including phenoxy) is 4. The molecule has 42 heavy (non-hydrogen) atoms. The lowest BCUT2D eigenvalue weighted by Crippen LogP contribution is -2.37. The highest BCUT2D eigenvalue weighted by molar-refractivity contribution is 8.76. The number of phenolic OH excluding ortho intramolecular Hbond substituents is 2. The third-order valence-electron chi connectivity index (χ3n) is 8.21. The first kappa shape index (κ1) is 32.9. The average molecular weight is 625 g/mol. The molecule has 1 aliphatic heterocycles. The van der Waals surface area contributed by atoms with Crippen molar-refractivity contribution in [2.24, 2.45) is 5.92 Å². The molecule has 0 spiro atoms. The van der Waals surface area contributed by atoms with Gasteiger partial charge >= 0.3 is 0 Å². The van der Waals surface area contributed by atoms with Crippen molar-refractivity contribution in [3.8, 4) is 28.7 Å². The van der Waals surface area contributed by atoms with E-state index in [0.717, 1.165) is 42.4 Å². The van der Waals surface area contributed by atoms with Gasteiger partial charge in [0.15, 0.2) is 23.0 Å². The lowest BCUT2D eigenvalue weighted by molar-refractivity contribution is -0.0808. The van der Waals surface area contributed by atoms with Crippen molar-refractivity contribution in [1.29, 1.82) is 0 Å². The lowest BCUT2D eigenvalue weighted by atomic mass is 9.86. The quantitative estimate of drug-likeness (QED) is 0.201. The molecule has 11 heteroatoms. The van der Waals surface area contributed by atoms with Gasteiger partial charge in [0.05, 0.1) is 38.6 Å². The van der Waals surface area contributed by atoms with Gasteiger partial charge in [0.1, 0.15) is 6.79 Å². The van der Waals surface area contributed by atoms with E-state index in [-0.39, 0.29) is 35.5 Å². The number of rotatable bonds is 8. The number of hydrogen-bond donors (Lipinski definition) is 5. The Kier molecular flexibility index (Phi) is 12.7. The summed E-state index contributed by atoms with van der Waals surface area (Å²) in [7, 11) is 6.00. The second-order valence-electron chi connectivity index (χ2n) is 11.1. The van der Waals surface area contributed by atoms with Gasteiger partial charge < -0.3 is 44.5 Å². The topological polar surface area (TPSA) is 138 Å². The Bertz CT molecular complexity index is 1120. The molecule has 0 aromatic heterocycles. The molecule has 2 aliphatic rings. The summed E-state index contributed by atoms with van der Waals surface area (Å²) in [5, 5.41) is 53.4. The summed E-state index contributed by atoms with van der Waals surface area (Å²) in [5.74, 6) is 1.45. The Balaban J connectivity index is 1.55. The van der Waals surface area contributed by atoms with Crippen LogP contribution in [0.5, 0.6) is 28.7 Å². The van der Waals surface area contributed by atoms with Gasteiger partial charge in [-0.3, -0.25) is 0 Å². The Morgan fingerprint density at radius 3 is 2.19 bits per heavy atom. The Labute approximate surface area is 255 Å². The van der Waals surface area contributed by atoms with E-state index in [0.29, 0.717) is 36.5 Å². The fraction of sp³-hybridized carbons (Fsp3) is 0.613. The van der Waals surface area contributed by atoms with Crippen LogP contribution in [0.3, 0.4) is 0 Å². The standard InChI is InChI=1S/C31H44O9S2/c1-37-29-11-19(12-30(38-2)31(29)36)10-24-25(33)15-23(39-18-32)9-8-20-14-28(40-22-6-4-3-5-7-22)26(34)13-21(20)16-41-42-17-27(24)35/h11-14,22-25,27,32-36H,3-10,15-18H2,1-2H3. The van der Waals surface area contributed by atoms with E-state index in [4.69, 9.17) is 18.9 Å². The number of aliphatic hydroxyl groups excluding tert-OH is 3. The Morgan fingerprint density at radius 2 is 1.52 bits per heavy atom. The zero-order chi connectivity index (χ0) is 30.1. The van der Waals surface area contributed by atoms with Gasteiger partial charge in [-0.15, -0.1) is 0 Å². The SMILES string of the molecule is COc1cc(CC2C(O)CSSCc3cc(O)c(OC4CCCCC4)cc3CCC(OCO)CC2O)cc(OC)c1O. The van der Waals surface area contributed by atoms with E-state index in [1.54, 1.807) is 29.0 Å². The summed E-state index contributed by atoms with van der Waals surface area (Å²) in [5.41, 5.74) is 2.75. The summed E-state index contributed by atoms with van der Waals surface area (Å²) in [4.78, 5) is 0. The maximum absolute atomic E-state index is 11.4. The summed E-state index contributed by atoms with van der Waals surface area (Å²) in [6, 6.07) is 7.07. The molecule has 0 bridgehead atoms. The van der Waals surface area contributed by atoms with Gasteiger partial charge in [-0.25, -0.2) is 0 Å². The van der Waals surface area contributed by atoms with Crippen molar-refractivity contribution < 1.29 is 44.5 Å². The molecule has 0 amide bonds. The molecule has 1 heterocycles. The second kappa shape index (κ2) is 16.2. The highest BCUT2D eigenvalue weighted by atomic mass is 33.1. The fourth-order valence-electron chi connectivity index (χ4n) is 5.83. The normalized spacial score (nSPS) is 24.5. The number of aliphatic hydroxyl groups is 3. The van der Waals surface area contributed by atoms with Gasteiger partial charge in [0.25, 0.3) is 0 Å². The minimum atomic E-state index is -0.932. The van der Waals surface area contributed by atoms with Crippen molar-refractivity contribution in [2.75, 3.05) is 26.8 Å². The molecule has 9 nitrogen and oxygen atoms in total. The molecule has 4 unspecified atom stereocenters. The Morgan fingerprint density at radius 1 is 0.810 bits per heavy atom. The molecule has 4 atom stereocenters. The van der Waals surface area contributed by atoms with Crippen LogP contribution in [0.1, 0.15) is 61.6 Å². The molecule has 0 saturated heterocycles. The summed E-state index contributed by atoms with van der Waals surface area (Å²) >= 11 is 0. The lowest BCUT2D eigenvalue weighted by Gasteiger charge is -2.30. The van der Waals surface area contributed by atoms with Crippen LogP contribution in [-0.2, 0) is 23.3 Å². The van der Waals surface area contributed by atoms with Crippen LogP contribution in [0.15, 0.2) is 24.3 Å². The number of fused-ring (bicyclic) bond motifs is 1. The van der Waals surface area contributed by atoms with Crippen LogP contribution in [-0.4, -0.2) is 76.7 Å². The van der Waals surface area contributed by atoms with E-state index in [9.17, 15) is 25.5 Å². The molecule has 234 valence electrons. The van der Waals surface area contributed by atoms with Crippen molar-refractivity contribution >= 4 is 21.6 Å². The molecular weight excluding hydrogens is 580 g/mol. The van der Waals surface area contributed by atoms with Crippen LogP contribution >= 0.6 is 21.6 Å². The summed E-state index contributed by atoms with van der Waals surface area (Å²) in [6.45, 7) is -0.485. The first-order chi connectivity index (χ1) is 20.3. The minimum Gasteiger partial charge on any atom is -0.504 e. The Hall–Kier alpha value is -2.02. The largest absolute Gasteiger partial charge is 0.504 e. The molecule has 1 aliphatic carbocycles. The zero-order valence-corrected chi connectivity index (χ0v) is 26.0. The van der Waals surface area contributed by atoms with E-state index >= 15 is 0 Å². The summed E-state index contributed by atoms with van der Waals surface area (Å²) in [6.07, 6.45) is 4.98. The molecule has 5 N–H and O–H groups in total. The first-order valence-electron chi connectivity index (χ1n) is 14.6. The third-order valence-corrected chi connectivity index (χ3v) is 10.5. The van der Waals surface area contributed by atoms with Crippen molar-refractivity contribution in [3.63, 3.8) is 0 Å². The smallest absolute Gasteiger partial charge is 0.200 e. The van der Waals surface area contributed by atoms with Crippen molar-refractivity contribution in [3.05, 3.63) is 41.0 Å². The number of phenols is 2. The van der Waals surface area contributed by atoms with Crippen LogP contribution in [0.25, 0.3) is 0 Å². The fourth-order valence-corrected chi connectivity index (χ4v) is 8.13. The molecular formula is C31H44O9S2. The van der Waals surface area contributed by atoms with E-state index < -0.39 is 31.0 Å². The molecule has 1 fully saturated rings. The maximum atomic E-state index is 11.4. The van der Waals surface area contributed by atoms with Crippen LogP contribution < -0.4 is 14.2 Å². The molecule has 1 saturated carbocycles. The number of aryl methyl sites for hydroxylation is 1. The molecule has 2 aromatic carbocycles. The first-order valence-corrected chi connectivity index (χ1v) is 17.1. The van der Waals surface area contributed by atoms with E-state index in [2.05, 4.69) is 0 Å². The number of aromatic hydroxyl groups is 2. The third kappa shape index (κ3) is 8.76.